The third-order valence-electron chi connectivity index (χ3n) is 4.90. The number of aliphatic imine (C=N–C) groups is 1. The minimum absolute atomic E-state index is 0.263. The van der Waals surface area contributed by atoms with Crippen molar-refractivity contribution in [1.82, 2.24) is 0 Å². The highest BCUT2D eigenvalue weighted by Gasteiger charge is 2.15. The Balaban J connectivity index is 2.11. The molecule has 0 N–H and O–H groups in total. The van der Waals surface area contributed by atoms with E-state index in [1.165, 1.54) is 6.07 Å². The second-order valence-corrected chi connectivity index (χ2v) is 6.79. The molecule has 3 heteroatoms. The number of aryl methyl sites for hydroxylation is 1. The van der Waals surface area contributed by atoms with E-state index in [1.54, 1.807) is 12.1 Å². The molecule has 0 fully saturated rings. The first-order chi connectivity index (χ1) is 14.1. The van der Waals surface area contributed by atoms with Crippen LogP contribution >= 0.6 is 0 Å². The van der Waals surface area contributed by atoms with E-state index in [0.717, 1.165) is 33.1 Å². The largest absolute Gasteiger partial charge is 0.455 e. The van der Waals surface area contributed by atoms with Gasteiger partial charge in [-0.2, -0.15) is 0 Å². The molecule has 148 valence electrons. The maximum Gasteiger partial charge on any atom is 0.141 e. The summed E-state index contributed by atoms with van der Waals surface area (Å²) in [4.78, 5) is 4.38. The molecule has 0 atom stereocenters. The third-order valence-corrected chi connectivity index (χ3v) is 4.90. The average Bonchev–Trinajstić information content (AvgIpc) is 3.11. The molecular formula is C26H26FNO. The number of allylic oxidation sites excluding steroid dienone is 7. The SMILES string of the molecule is C=C\C=C/C(=C\C)C(/C=NCC)=C/Cc1c(F)ccc2c1oc1c(C)cccc12. The maximum atomic E-state index is 14.8. The number of halogens is 1. The van der Waals surface area contributed by atoms with Crippen molar-refractivity contribution in [2.24, 2.45) is 4.99 Å². The van der Waals surface area contributed by atoms with E-state index in [4.69, 9.17) is 4.42 Å². The Kier molecular flexibility index (Phi) is 6.61. The van der Waals surface area contributed by atoms with E-state index in [-0.39, 0.29) is 5.82 Å². The van der Waals surface area contributed by atoms with Gasteiger partial charge < -0.3 is 4.42 Å². The predicted molar refractivity (Wildman–Crippen MR) is 122 cm³/mol. The molecule has 29 heavy (non-hydrogen) atoms. The van der Waals surface area contributed by atoms with E-state index in [1.807, 2.05) is 69.5 Å². The van der Waals surface area contributed by atoms with Crippen LogP contribution in [0.25, 0.3) is 21.9 Å². The van der Waals surface area contributed by atoms with Crippen LogP contribution in [0.15, 0.2) is 87.8 Å². The highest BCUT2D eigenvalue weighted by atomic mass is 19.1. The van der Waals surface area contributed by atoms with Crippen LogP contribution in [0.1, 0.15) is 25.0 Å². The summed E-state index contributed by atoms with van der Waals surface area (Å²) in [6.45, 7) is 10.4. The summed E-state index contributed by atoms with van der Waals surface area (Å²) in [6.07, 6.45) is 11.8. The normalized spacial score (nSPS) is 13.4. The van der Waals surface area contributed by atoms with Gasteiger partial charge in [0.25, 0.3) is 0 Å². The summed E-state index contributed by atoms with van der Waals surface area (Å²) >= 11 is 0. The van der Waals surface area contributed by atoms with Gasteiger partial charge in [-0.15, -0.1) is 0 Å². The second-order valence-electron chi connectivity index (χ2n) is 6.79. The fourth-order valence-corrected chi connectivity index (χ4v) is 3.40. The molecule has 2 aromatic carbocycles. The predicted octanol–water partition coefficient (Wildman–Crippen LogP) is 7.28. The summed E-state index contributed by atoms with van der Waals surface area (Å²) in [5.74, 6) is -0.263. The minimum Gasteiger partial charge on any atom is -0.455 e. The van der Waals surface area contributed by atoms with Gasteiger partial charge in [-0.1, -0.05) is 55.2 Å². The fraction of sp³-hybridized carbons (Fsp3) is 0.192. The lowest BCUT2D eigenvalue weighted by Crippen LogP contribution is -1.95. The van der Waals surface area contributed by atoms with Crippen LogP contribution in [0.4, 0.5) is 4.39 Å². The number of hydrogen-bond donors (Lipinski definition) is 0. The van der Waals surface area contributed by atoms with Crippen molar-refractivity contribution in [2.75, 3.05) is 6.54 Å². The van der Waals surface area contributed by atoms with Crippen molar-refractivity contribution in [3.05, 3.63) is 95.4 Å². The number of nitrogens with zero attached hydrogens (tertiary/aromatic N) is 1. The van der Waals surface area contributed by atoms with Crippen LogP contribution in [-0.2, 0) is 6.42 Å². The van der Waals surface area contributed by atoms with E-state index in [2.05, 4.69) is 11.6 Å². The van der Waals surface area contributed by atoms with E-state index in [0.29, 0.717) is 24.1 Å². The van der Waals surface area contributed by atoms with Crippen LogP contribution in [0.5, 0.6) is 0 Å². The Bertz CT molecular complexity index is 1160. The molecule has 0 amide bonds. The molecule has 3 rings (SSSR count). The van der Waals surface area contributed by atoms with Crippen molar-refractivity contribution in [1.29, 1.82) is 0 Å². The molecule has 0 saturated carbocycles. The molecule has 1 heterocycles. The van der Waals surface area contributed by atoms with Crippen LogP contribution in [0, 0.1) is 12.7 Å². The number of furan rings is 1. The van der Waals surface area contributed by atoms with Crippen molar-refractivity contribution in [3.63, 3.8) is 0 Å². The molecule has 0 unspecified atom stereocenters. The molecule has 1 aromatic heterocycles. The number of hydrogen-bond acceptors (Lipinski definition) is 2. The Morgan fingerprint density at radius 1 is 1.14 bits per heavy atom. The number of para-hydroxylation sites is 1. The monoisotopic (exact) mass is 387 g/mol. The first-order valence-electron chi connectivity index (χ1n) is 9.85. The second kappa shape index (κ2) is 9.33. The molecule has 0 aliphatic heterocycles. The zero-order valence-electron chi connectivity index (χ0n) is 17.2. The molecule has 0 spiro atoms. The number of benzene rings is 2. The van der Waals surface area contributed by atoms with Gasteiger partial charge >= 0.3 is 0 Å². The Morgan fingerprint density at radius 2 is 1.93 bits per heavy atom. The zero-order valence-corrected chi connectivity index (χ0v) is 17.2. The van der Waals surface area contributed by atoms with Gasteiger partial charge in [0, 0.05) is 29.1 Å². The van der Waals surface area contributed by atoms with Crippen LogP contribution in [-0.4, -0.2) is 12.8 Å². The van der Waals surface area contributed by atoms with Gasteiger partial charge in [0.05, 0.1) is 0 Å². The lowest BCUT2D eigenvalue weighted by molar-refractivity contribution is 0.603. The zero-order chi connectivity index (χ0) is 20.8. The number of rotatable bonds is 7. The van der Waals surface area contributed by atoms with Gasteiger partial charge in [0.15, 0.2) is 0 Å². The minimum atomic E-state index is -0.263. The summed E-state index contributed by atoms with van der Waals surface area (Å²) in [5, 5.41) is 1.95. The molecule has 3 aromatic rings. The molecule has 0 bridgehead atoms. The first-order valence-corrected chi connectivity index (χ1v) is 9.85. The van der Waals surface area contributed by atoms with Crippen LogP contribution in [0.2, 0.25) is 0 Å². The highest BCUT2D eigenvalue weighted by molar-refractivity contribution is 6.06. The number of fused-ring (bicyclic) bond motifs is 3. The van der Waals surface area contributed by atoms with Gasteiger partial charge in [-0.3, -0.25) is 4.99 Å². The van der Waals surface area contributed by atoms with Crippen LogP contribution < -0.4 is 0 Å². The Hall–Kier alpha value is -3.20. The van der Waals surface area contributed by atoms with Crippen molar-refractivity contribution < 1.29 is 8.81 Å². The molecule has 0 saturated heterocycles. The van der Waals surface area contributed by atoms with Crippen LogP contribution in [0.3, 0.4) is 0 Å². The van der Waals surface area contributed by atoms with E-state index >= 15 is 0 Å². The summed E-state index contributed by atoms with van der Waals surface area (Å²) < 4.78 is 20.9. The topological polar surface area (TPSA) is 25.5 Å². The standard InChI is InChI=1S/C26H26FNO/c1-5-8-11-19(6-2)20(17-28-7-3)13-14-23-24(27)16-15-22-21-12-9-10-18(4)25(21)29-26(22)23/h5-6,8-13,15-17H,1,7,14H2,2-4H3/b11-8-,19-6+,20-13+,28-17?. The molecule has 2 nitrogen and oxygen atoms in total. The molecular weight excluding hydrogens is 361 g/mol. The summed E-state index contributed by atoms with van der Waals surface area (Å²) in [5.41, 5.74) is 4.98. The van der Waals surface area contributed by atoms with Gasteiger partial charge in [0.1, 0.15) is 17.0 Å². The molecule has 0 aliphatic rings. The van der Waals surface area contributed by atoms with Gasteiger partial charge in [-0.25, -0.2) is 4.39 Å². The van der Waals surface area contributed by atoms with E-state index in [9.17, 15) is 4.39 Å². The lowest BCUT2D eigenvalue weighted by atomic mass is 10.0. The molecule has 0 aliphatic carbocycles. The fourth-order valence-electron chi connectivity index (χ4n) is 3.40. The summed E-state index contributed by atoms with van der Waals surface area (Å²) in [6, 6.07) is 9.34. The smallest absolute Gasteiger partial charge is 0.141 e. The maximum absolute atomic E-state index is 14.8. The first kappa shape index (κ1) is 20.5. The quantitative estimate of drug-likeness (QED) is 0.309. The van der Waals surface area contributed by atoms with Gasteiger partial charge in [-0.05, 0) is 56.0 Å². The molecule has 0 radical (unpaired) electrons. The van der Waals surface area contributed by atoms with Crippen molar-refractivity contribution in [3.8, 4) is 0 Å². The third kappa shape index (κ3) is 4.29. The average molecular weight is 387 g/mol. The summed E-state index contributed by atoms with van der Waals surface area (Å²) in [7, 11) is 0. The Labute approximate surface area is 171 Å². The van der Waals surface area contributed by atoms with Crippen molar-refractivity contribution in [2.45, 2.75) is 27.2 Å². The van der Waals surface area contributed by atoms with E-state index < -0.39 is 0 Å². The van der Waals surface area contributed by atoms with Gasteiger partial charge in [0.2, 0.25) is 0 Å². The highest BCUT2D eigenvalue weighted by Crippen LogP contribution is 2.34. The van der Waals surface area contributed by atoms with Crippen molar-refractivity contribution >= 4 is 28.2 Å². The Morgan fingerprint density at radius 3 is 2.66 bits per heavy atom. The lowest BCUT2D eigenvalue weighted by Gasteiger charge is -2.05.